The van der Waals surface area contributed by atoms with Crippen LogP contribution in [0.4, 0.5) is 0 Å². The molecule has 128 valence electrons. The van der Waals surface area contributed by atoms with E-state index in [4.69, 9.17) is 4.74 Å². The number of ether oxygens (including phenoxy) is 1. The van der Waals surface area contributed by atoms with Crippen LogP contribution in [0, 0.1) is 0 Å². The summed E-state index contributed by atoms with van der Waals surface area (Å²) in [6.45, 7) is 4.58. The smallest absolute Gasteiger partial charge is 0.251 e. The lowest BCUT2D eigenvalue weighted by molar-refractivity contribution is 0.0949. The second kappa shape index (κ2) is 9.85. The number of amides is 1. The maximum Gasteiger partial charge on any atom is 0.251 e. The molecule has 4 heteroatoms. The molecule has 24 heavy (non-hydrogen) atoms. The first-order valence-corrected chi connectivity index (χ1v) is 8.41. The number of carbonyl (C=O) groups is 1. The summed E-state index contributed by atoms with van der Waals surface area (Å²) in [4.78, 5) is 12.6. The molecule has 1 amide bonds. The standard InChI is InChI=1S/C20H26N2O2/c1-3-24-15-18-10-5-4-9-17(18)14-22-20(23)19-11-7-6-8-16(19)12-13-21-2/h4-11,21H,3,12-15H2,1-2H3,(H,22,23). The Morgan fingerprint density at radius 2 is 1.67 bits per heavy atom. The molecule has 0 atom stereocenters. The van der Waals surface area contributed by atoms with Crippen molar-refractivity contribution in [2.45, 2.75) is 26.5 Å². The van der Waals surface area contributed by atoms with Gasteiger partial charge in [-0.15, -0.1) is 0 Å². The molecule has 0 fully saturated rings. The molecule has 0 saturated heterocycles. The first-order valence-electron chi connectivity index (χ1n) is 8.41. The Morgan fingerprint density at radius 3 is 2.38 bits per heavy atom. The molecule has 4 nitrogen and oxygen atoms in total. The van der Waals surface area contributed by atoms with E-state index < -0.39 is 0 Å². The van der Waals surface area contributed by atoms with Gasteiger partial charge in [0.25, 0.3) is 5.91 Å². The van der Waals surface area contributed by atoms with E-state index in [9.17, 15) is 4.79 Å². The molecule has 0 heterocycles. The highest BCUT2D eigenvalue weighted by Gasteiger charge is 2.11. The number of nitrogens with one attached hydrogen (secondary N) is 2. The van der Waals surface area contributed by atoms with Crippen LogP contribution >= 0.6 is 0 Å². The Hall–Kier alpha value is -2.17. The van der Waals surface area contributed by atoms with Gasteiger partial charge in [-0.25, -0.2) is 0 Å². The largest absolute Gasteiger partial charge is 0.377 e. The molecule has 0 aromatic heterocycles. The zero-order valence-electron chi connectivity index (χ0n) is 14.5. The average Bonchev–Trinajstić information content (AvgIpc) is 2.63. The summed E-state index contributed by atoms with van der Waals surface area (Å²) < 4.78 is 5.50. The summed E-state index contributed by atoms with van der Waals surface area (Å²) in [5.74, 6) is -0.0343. The highest BCUT2D eigenvalue weighted by atomic mass is 16.5. The highest BCUT2D eigenvalue weighted by molar-refractivity contribution is 5.95. The summed E-state index contributed by atoms with van der Waals surface area (Å²) in [5.41, 5.74) is 4.01. The lowest BCUT2D eigenvalue weighted by atomic mass is 10.0. The maximum atomic E-state index is 12.6. The van der Waals surface area contributed by atoms with Crippen molar-refractivity contribution in [1.29, 1.82) is 0 Å². The quantitative estimate of drug-likeness (QED) is 0.745. The second-order valence-corrected chi connectivity index (χ2v) is 5.60. The molecule has 0 aliphatic carbocycles. The van der Waals surface area contributed by atoms with Crippen molar-refractivity contribution in [2.24, 2.45) is 0 Å². The fourth-order valence-electron chi connectivity index (χ4n) is 2.57. The van der Waals surface area contributed by atoms with Gasteiger partial charge >= 0.3 is 0 Å². The van der Waals surface area contributed by atoms with Crippen molar-refractivity contribution in [3.8, 4) is 0 Å². The Morgan fingerprint density at radius 1 is 1.00 bits per heavy atom. The molecular weight excluding hydrogens is 300 g/mol. The maximum absolute atomic E-state index is 12.6. The van der Waals surface area contributed by atoms with E-state index in [1.807, 2.05) is 62.5 Å². The summed E-state index contributed by atoms with van der Waals surface area (Å²) in [6, 6.07) is 15.8. The number of carbonyl (C=O) groups excluding carboxylic acids is 1. The minimum absolute atomic E-state index is 0.0343. The van der Waals surface area contributed by atoms with Crippen LogP contribution in [0.2, 0.25) is 0 Å². The van der Waals surface area contributed by atoms with Crippen LogP contribution in [0.5, 0.6) is 0 Å². The minimum Gasteiger partial charge on any atom is -0.377 e. The van der Waals surface area contributed by atoms with E-state index in [0.717, 1.165) is 35.2 Å². The van der Waals surface area contributed by atoms with Crippen LogP contribution in [0.15, 0.2) is 48.5 Å². The molecule has 0 spiro atoms. The Bertz CT molecular complexity index is 656. The van der Waals surface area contributed by atoms with Crippen molar-refractivity contribution >= 4 is 5.91 Å². The van der Waals surface area contributed by atoms with Gasteiger partial charge in [0.1, 0.15) is 0 Å². The fraction of sp³-hybridized carbons (Fsp3) is 0.350. The minimum atomic E-state index is -0.0343. The van der Waals surface area contributed by atoms with Crippen molar-refractivity contribution in [3.05, 3.63) is 70.8 Å². The molecule has 0 aliphatic rings. The number of hydrogen-bond acceptors (Lipinski definition) is 3. The normalized spacial score (nSPS) is 10.6. The van der Waals surface area contributed by atoms with E-state index in [0.29, 0.717) is 19.8 Å². The van der Waals surface area contributed by atoms with Gasteiger partial charge in [-0.05, 0) is 49.7 Å². The molecule has 0 aliphatic heterocycles. The molecule has 2 aromatic carbocycles. The SMILES string of the molecule is CCOCc1ccccc1CNC(=O)c1ccccc1CCNC. The van der Waals surface area contributed by atoms with Crippen LogP contribution in [0.1, 0.15) is 34.0 Å². The molecule has 2 N–H and O–H groups in total. The van der Waals surface area contributed by atoms with Gasteiger partial charge in [-0.3, -0.25) is 4.79 Å². The van der Waals surface area contributed by atoms with Crippen LogP contribution < -0.4 is 10.6 Å². The Kier molecular flexibility index (Phi) is 7.46. The number of benzene rings is 2. The van der Waals surface area contributed by atoms with E-state index in [2.05, 4.69) is 10.6 Å². The summed E-state index contributed by atoms with van der Waals surface area (Å²) >= 11 is 0. The van der Waals surface area contributed by atoms with E-state index in [1.165, 1.54) is 0 Å². The molecule has 2 rings (SSSR count). The lowest BCUT2D eigenvalue weighted by Crippen LogP contribution is -2.25. The third-order valence-electron chi connectivity index (χ3n) is 3.93. The van der Waals surface area contributed by atoms with Gasteiger partial charge in [0.15, 0.2) is 0 Å². The van der Waals surface area contributed by atoms with Crippen LogP contribution in [-0.2, 0) is 24.3 Å². The van der Waals surface area contributed by atoms with Gasteiger partial charge in [0, 0.05) is 18.7 Å². The predicted octanol–water partition coefficient (Wildman–Crippen LogP) is 2.92. The lowest BCUT2D eigenvalue weighted by Gasteiger charge is -2.13. The first-order chi connectivity index (χ1) is 11.8. The Balaban J connectivity index is 2.04. The Labute approximate surface area is 144 Å². The fourth-order valence-corrected chi connectivity index (χ4v) is 2.57. The zero-order chi connectivity index (χ0) is 17.2. The highest BCUT2D eigenvalue weighted by Crippen LogP contribution is 2.12. The molecule has 0 bridgehead atoms. The van der Waals surface area contributed by atoms with Crippen molar-refractivity contribution < 1.29 is 9.53 Å². The average molecular weight is 326 g/mol. The summed E-state index contributed by atoms with van der Waals surface area (Å²) in [7, 11) is 1.91. The van der Waals surface area contributed by atoms with E-state index >= 15 is 0 Å². The van der Waals surface area contributed by atoms with Gasteiger partial charge in [-0.1, -0.05) is 42.5 Å². The first kappa shape index (κ1) is 18.2. The zero-order valence-corrected chi connectivity index (χ0v) is 14.5. The number of hydrogen-bond donors (Lipinski definition) is 2. The molecule has 0 unspecified atom stereocenters. The van der Waals surface area contributed by atoms with Gasteiger partial charge in [0.2, 0.25) is 0 Å². The number of rotatable bonds is 9. The van der Waals surface area contributed by atoms with Crippen LogP contribution in [-0.4, -0.2) is 26.1 Å². The van der Waals surface area contributed by atoms with Gasteiger partial charge in [0.05, 0.1) is 6.61 Å². The van der Waals surface area contributed by atoms with Crippen LogP contribution in [0.3, 0.4) is 0 Å². The van der Waals surface area contributed by atoms with Crippen LogP contribution in [0.25, 0.3) is 0 Å². The summed E-state index contributed by atoms with van der Waals surface area (Å²) in [5, 5.41) is 6.16. The number of likely N-dealkylation sites (N-methyl/N-ethyl adjacent to an activating group) is 1. The molecular formula is C20H26N2O2. The third kappa shape index (κ3) is 5.18. The van der Waals surface area contributed by atoms with Gasteiger partial charge in [-0.2, -0.15) is 0 Å². The molecule has 0 saturated carbocycles. The van der Waals surface area contributed by atoms with Crippen molar-refractivity contribution in [3.63, 3.8) is 0 Å². The van der Waals surface area contributed by atoms with E-state index in [-0.39, 0.29) is 5.91 Å². The van der Waals surface area contributed by atoms with Crippen molar-refractivity contribution in [1.82, 2.24) is 10.6 Å². The second-order valence-electron chi connectivity index (χ2n) is 5.60. The third-order valence-corrected chi connectivity index (χ3v) is 3.93. The van der Waals surface area contributed by atoms with Gasteiger partial charge < -0.3 is 15.4 Å². The predicted molar refractivity (Wildman–Crippen MR) is 97.0 cm³/mol. The topological polar surface area (TPSA) is 50.4 Å². The molecule has 0 radical (unpaired) electrons. The monoisotopic (exact) mass is 326 g/mol. The molecule has 2 aromatic rings. The van der Waals surface area contributed by atoms with E-state index in [1.54, 1.807) is 0 Å². The summed E-state index contributed by atoms with van der Waals surface area (Å²) in [6.07, 6.45) is 0.834. The van der Waals surface area contributed by atoms with Crippen molar-refractivity contribution in [2.75, 3.05) is 20.2 Å².